The van der Waals surface area contributed by atoms with E-state index in [0.29, 0.717) is 18.0 Å². The van der Waals surface area contributed by atoms with E-state index < -0.39 is 0 Å². The maximum atomic E-state index is 12.6. The van der Waals surface area contributed by atoms with E-state index >= 15 is 0 Å². The van der Waals surface area contributed by atoms with Gasteiger partial charge in [0, 0.05) is 13.6 Å². The standard InChI is InChI=1S/C18H24N2O4/c1-6-17(21)19(3)11-18(22)20-8-7-13-9-15(23-4)16(24-5)10-14(13)12(20)2/h6,9-10,12H,1,7-8,11H2,2-5H3. The molecule has 24 heavy (non-hydrogen) atoms. The van der Waals surface area contributed by atoms with Crippen molar-refractivity contribution in [2.45, 2.75) is 19.4 Å². The largest absolute Gasteiger partial charge is 0.493 e. The van der Waals surface area contributed by atoms with Crippen molar-refractivity contribution in [1.29, 1.82) is 0 Å². The van der Waals surface area contributed by atoms with Crippen molar-refractivity contribution in [3.05, 3.63) is 35.9 Å². The molecule has 1 aliphatic rings. The number of rotatable bonds is 5. The first kappa shape index (κ1) is 17.8. The summed E-state index contributed by atoms with van der Waals surface area (Å²) in [6.45, 7) is 6.07. The fourth-order valence-corrected chi connectivity index (χ4v) is 3.01. The summed E-state index contributed by atoms with van der Waals surface area (Å²) in [6, 6.07) is 3.81. The molecule has 0 aromatic heterocycles. The van der Waals surface area contributed by atoms with Gasteiger partial charge in [-0.15, -0.1) is 0 Å². The Labute approximate surface area is 142 Å². The van der Waals surface area contributed by atoms with E-state index in [1.807, 2.05) is 19.1 Å². The predicted molar refractivity (Wildman–Crippen MR) is 91.2 cm³/mol. The highest BCUT2D eigenvalue weighted by molar-refractivity contribution is 5.90. The molecular weight excluding hydrogens is 308 g/mol. The van der Waals surface area contributed by atoms with Gasteiger partial charge in [-0.2, -0.15) is 0 Å². The van der Waals surface area contributed by atoms with Crippen molar-refractivity contribution >= 4 is 11.8 Å². The van der Waals surface area contributed by atoms with Crippen LogP contribution in [-0.4, -0.2) is 56.0 Å². The van der Waals surface area contributed by atoms with Gasteiger partial charge in [0.15, 0.2) is 11.5 Å². The first-order valence-electron chi connectivity index (χ1n) is 7.84. The molecule has 6 nitrogen and oxygen atoms in total. The molecule has 1 aromatic carbocycles. The molecule has 2 rings (SSSR count). The first-order valence-corrected chi connectivity index (χ1v) is 7.84. The van der Waals surface area contributed by atoms with Crippen LogP contribution in [-0.2, 0) is 16.0 Å². The van der Waals surface area contributed by atoms with Crippen molar-refractivity contribution in [3.63, 3.8) is 0 Å². The van der Waals surface area contributed by atoms with Crippen molar-refractivity contribution in [2.24, 2.45) is 0 Å². The molecule has 0 spiro atoms. The number of likely N-dealkylation sites (N-methyl/N-ethyl adjacent to an activating group) is 1. The minimum absolute atomic E-state index is 0.0395. The Balaban J connectivity index is 2.22. The minimum atomic E-state index is -0.264. The number of methoxy groups -OCH3 is 2. The Morgan fingerprint density at radius 2 is 1.96 bits per heavy atom. The average Bonchev–Trinajstić information content (AvgIpc) is 2.59. The van der Waals surface area contributed by atoms with Crippen molar-refractivity contribution in [1.82, 2.24) is 9.80 Å². The molecule has 1 heterocycles. The third-order valence-corrected chi connectivity index (χ3v) is 4.43. The second-order valence-electron chi connectivity index (χ2n) is 5.82. The Morgan fingerprint density at radius 3 is 2.54 bits per heavy atom. The number of amides is 2. The summed E-state index contributed by atoms with van der Waals surface area (Å²) in [7, 11) is 4.80. The lowest BCUT2D eigenvalue weighted by Gasteiger charge is -2.36. The molecule has 1 aliphatic heterocycles. The van der Waals surface area contributed by atoms with Gasteiger partial charge in [0.25, 0.3) is 0 Å². The first-order chi connectivity index (χ1) is 11.4. The lowest BCUT2D eigenvalue weighted by atomic mass is 9.92. The molecule has 1 atom stereocenters. The van der Waals surface area contributed by atoms with E-state index in [1.54, 1.807) is 26.2 Å². The van der Waals surface area contributed by atoms with Gasteiger partial charge in [-0.05, 0) is 42.7 Å². The normalized spacial score (nSPS) is 16.2. The predicted octanol–water partition coefficient (Wildman–Crippen LogP) is 1.79. The number of carbonyl (C=O) groups is 2. The number of carbonyl (C=O) groups excluding carboxylic acids is 2. The summed E-state index contributed by atoms with van der Waals surface area (Å²) >= 11 is 0. The van der Waals surface area contributed by atoms with Crippen LogP contribution in [0.5, 0.6) is 11.5 Å². The van der Waals surface area contributed by atoms with Crippen LogP contribution in [0.15, 0.2) is 24.8 Å². The second-order valence-corrected chi connectivity index (χ2v) is 5.82. The highest BCUT2D eigenvalue weighted by Crippen LogP contribution is 2.37. The van der Waals surface area contributed by atoms with Crippen LogP contribution in [0.4, 0.5) is 0 Å². The summed E-state index contributed by atoms with van der Waals surface area (Å²) in [5.41, 5.74) is 2.20. The Kier molecular flexibility index (Phi) is 5.49. The fourth-order valence-electron chi connectivity index (χ4n) is 3.01. The third-order valence-electron chi connectivity index (χ3n) is 4.43. The summed E-state index contributed by atoms with van der Waals surface area (Å²) in [4.78, 5) is 27.3. The van der Waals surface area contributed by atoms with Crippen LogP contribution in [0.3, 0.4) is 0 Å². The lowest BCUT2D eigenvalue weighted by Crippen LogP contribution is -2.44. The van der Waals surface area contributed by atoms with Crippen molar-refractivity contribution in [2.75, 3.05) is 34.4 Å². The van der Waals surface area contributed by atoms with Crippen LogP contribution in [0.2, 0.25) is 0 Å². The molecule has 0 fully saturated rings. The lowest BCUT2D eigenvalue weighted by molar-refractivity contribution is -0.139. The van der Waals surface area contributed by atoms with E-state index in [1.165, 1.54) is 11.0 Å². The summed E-state index contributed by atoms with van der Waals surface area (Å²) in [6.07, 6.45) is 1.95. The zero-order valence-electron chi connectivity index (χ0n) is 14.7. The smallest absolute Gasteiger partial charge is 0.246 e. The van der Waals surface area contributed by atoms with E-state index in [2.05, 4.69) is 6.58 Å². The Bertz CT molecular complexity index is 657. The van der Waals surface area contributed by atoms with Crippen LogP contribution < -0.4 is 9.47 Å². The molecule has 6 heteroatoms. The average molecular weight is 332 g/mol. The van der Waals surface area contributed by atoms with Crippen LogP contribution >= 0.6 is 0 Å². The van der Waals surface area contributed by atoms with Crippen molar-refractivity contribution < 1.29 is 19.1 Å². The van der Waals surface area contributed by atoms with Gasteiger partial charge >= 0.3 is 0 Å². The van der Waals surface area contributed by atoms with Gasteiger partial charge in [-0.25, -0.2) is 0 Å². The van der Waals surface area contributed by atoms with E-state index in [9.17, 15) is 9.59 Å². The molecule has 1 unspecified atom stereocenters. The molecule has 0 saturated heterocycles. The molecular formula is C18H24N2O4. The number of nitrogens with zero attached hydrogens (tertiary/aromatic N) is 2. The topological polar surface area (TPSA) is 59.1 Å². The van der Waals surface area contributed by atoms with Gasteiger partial charge in [0.1, 0.15) is 0 Å². The van der Waals surface area contributed by atoms with Crippen LogP contribution in [0.25, 0.3) is 0 Å². The minimum Gasteiger partial charge on any atom is -0.493 e. The van der Waals surface area contributed by atoms with Gasteiger partial charge in [-0.1, -0.05) is 6.58 Å². The van der Waals surface area contributed by atoms with Gasteiger partial charge in [-0.3, -0.25) is 9.59 Å². The van der Waals surface area contributed by atoms with Crippen LogP contribution in [0.1, 0.15) is 24.1 Å². The Hall–Kier alpha value is -2.50. The SMILES string of the molecule is C=CC(=O)N(C)CC(=O)N1CCc2cc(OC)c(OC)cc2C1C. The van der Waals surface area contributed by atoms with Gasteiger partial charge in [0.05, 0.1) is 26.8 Å². The number of hydrogen-bond donors (Lipinski definition) is 0. The molecule has 130 valence electrons. The zero-order valence-corrected chi connectivity index (χ0v) is 14.7. The molecule has 0 N–H and O–H groups in total. The molecule has 0 aliphatic carbocycles. The van der Waals surface area contributed by atoms with Gasteiger partial charge < -0.3 is 19.3 Å². The number of ether oxygens (including phenoxy) is 2. The third kappa shape index (κ3) is 3.37. The second kappa shape index (κ2) is 7.38. The van der Waals surface area contributed by atoms with E-state index in [4.69, 9.17) is 9.47 Å². The van der Waals surface area contributed by atoms with Crippen molar-refractivity contribution in [3.8, 4) is 11.5 Å². The molecule has 2 amide bonds. The summed E-state index contributed by atoms with van der Waals surface area (Å²) in [5, 5.41) is 0. The van der Waals surface area contributed by atoms with Crippen LogP contribution in [0, 0.1) is 0 Å². The monoisotopic (exact) mass is 332 g/mol. The maximum absolute atomic E-state index is 12.6. The summed E-state index contributed by atoms with van der Waals surface area (Å²) in [5.74, 6) is 0.997. The fraction of sp³-hybridized carbons (Fsp3) is 0.444. The van der Waals surface area contributed by atoms with E-state index in [0.717, 1.165) is 17.5 Å². The van der Waals surface area contributed by atoms with Gasteiger partial charge in [0.2, 0.25) is 11.8 Å². The molecule has 0 bridgehead atoms. The Morgan fingerprint density at radius 1 is 1.33 bits per heavy atom. The number of hydrogen-bond acceptors (Lipinski definition) is 4. The molecule has 0 radical (unpaired) electrons. The zero-order chi connectivity index (χ0) is 17.9. The number of fused-ring (bicyclic) bond motifs is 1. The highest BCUT2D eigenvalue weighted by atomic mass is 16.5. The molecule has 0 saturated carbocycles. The molecule has 1 aromatic rings. The van der Waals surface area contributed by atoms with E-state index in [-0.39, 0.29) is 24.4 Å². The summed E-state index contributed by atoms with van der Waals surface area (Å²) < 4.78 is 10.7. The maximum Gasteiger partial charge on any atom is 0.246 e. The number of benzene rings is 1. The quantitative estimate of drug-likeness (QED) is 0.772. The highest BCUT2D eigenvalue weighted by Gasteiger charge is 2.29.